The highest BCUT2D eigenvalue weighted by Gasteiger charge is 2.02. The SMILES string of the molecule is CCCNCc1ccn(CC(C)CC)n1. The standard InChI is InChI=1S/C12H23N3/c1-4-7-13-9-12-6-8-15(14-12)10-11(3)5-2/h6,8,11,13H,4-5,7,9-10H2,1-3H3. The second-order valence-electron chi connectivity index (χ2n) is 4.22. The van der Waals surface area contributed by atoms with Gasteiger partial charge >= 0.3 is 0 Å². The van der Waals surface area contributed by atoms with E-state index in [9.17, 15) is 0 Å². The van der Waals surface area contributed by atoms with E-state index in [0.29, 0.717) is 5.92 Å². The van der Waals surface area contributed by atoms with Gasteiger partial charge in [-0.15, -0.1) is 0 Å². The van der Waals surface area contributed by atoms with E-state index in [2.05, 4.69) is 48.1 Å². The molecule has 15 heavy (non-hydrogen) atoms. The van der Waals surface area contributed by atoms with Crippen LogP contribution in [-0.4, -0.2) is 16.3 Å². The van der Waals surface area contributed by atoms with Crippen LogP contribution < -0.4 is 5.32 Å². The molecule has 0 saturated carbocycles. The van der Waals surface area contributed by atoms with Crippen LogP contribution in [-0.2, 0) is 13.1 Å². The number of nitrogens with one attached hydrogen (secondary N) is 1. The van der Waals surface area contributed by atoms with Crippen molar-refractivity contribution >= 4 is 0 Å². The van der Waals surface area contributed by atoms with Gasteiger partial charge in [-0.1, -0.05) is 27.2 Å². The molecule has 1 unspecified atom stereocenters. The summed E-state index contributed by atoms with van der Waals surface area (Å²) in [7, 11) is 0. The minimum Gasteiger partial charge on any atom is -0.311 e. The molecule has 0 bridgehead atoms. The van der Waals surface area contributed by atoms with Gasteiger partial charge in [-0.25, -0.2) is 0 Å². The molecule has 0 aliphatic carbocycles. The lowest BCUT2D eigenvalue weighted by molar-refractivity contribution is 0.435. The molecule has 86 valence electrons. The Morgan fingerprint density at radius 3 is 2.93 bits per heavy atom. The molecule has 0 aliphatic rings. The number of nitrogens with zero attached hydrogens (tertiary/aromatic N) is 2. The van der Waals surface area contributed by atoms with Gasteiger partial charge in [-0.3, -0.25) is 4.68 Å². The van der Waals surface area contributed by atoms with Crippen LogP contribution in [0.2, 0.25) is 0 Å². The fraction of sp³-hybridized carbons (Fsp3) is 0.750. The Morgan fingerprint density at radius 1 is 1.47 bits per heavy atom. The summed E-state index contributed by atoms with van der Waals surface area (Å²) in [6.45, 7) is 9.65. The summed E-state index contributed by atoms with van der Waals surface area (Å²) in [4.78, 5) is 0. The summed E-state index contributed by atoms with van der Waals surface area (Å²) in [5.74, 6) is 0.710. The maximum absolute atomic E-state index is 4.52. The lowest BCUT2D eigenvalue weighted by Crippen LogP contribution is -2.15. The fourth-order valence-corrected chi connectivity index (χ4v) is 1.44. The van der Waals surface area contributed by atoms with Crippen molar-refractivity contribution in [3.05, 3.63) is 18.0 Å². The van der Waals surface area contributed by atoms with Crippen molar-refractivity contribution in [2.24, 2.45) is 5.92 Å². The van der Waals surface area contributed by atoms with Crippen LogP contribution in [0.1, 0.15) is 39.3 Å². The lowest BCUT2D eigenvalue weighted by Gasteiger charge is -2.07. The highest BCUT2D eigenvalue weighted by Crippen LogP contribution is 2.05. The zero-order chi connectivity index (χ0) is 11.1. The van der Waals surface area contributed by atoms with Crippen molar-refractivity contribution in [2.75, 3.05) is 6.54 Å². The normalized spacial score (nSPS) is 13.0. The van der Waals surface area contributed by atoms with Crippen LogP contribution in [0.3, 0.4) is 0 Å². The second-order valence-corrected chi connectivity index (χ2v) is 4.22. The molecule has 1 N–H and O–H groups in total. The van der Waals surface area contributed by atoms with Crippen LogP contribution in [0, 0.1) is 5.92 Å². The molecular weight excluding hydrogens is 186 g/mol. The zero-order valence-electron chi connectivity index (χ0n) is 10.2. The molecule has 0 aliphatic heterocycles. The Morgan fingerprint density at radius 2 is 2.27 bits per heavy atom. The molecule has 1 aromatic rings. The monoisotopic (exact) mass is 209 g/mol. The third-order valence-corrected chi connectivity index (χ3v) is 2.62. The van der Waals surface area contributed by atoms with Gasteiger partial charge in [0.1, 0.15) is 0 Å². The third kappa shape index (κ3) is 4.47. The van der Waals surface area contributed by atoms with E-state index in [1.807, 2.05) is 0 Å². The van der Waals surface area contributed by atoms with E-state index in [1.54, 1.807) is 0 Å². The van der Waals surface area contributed by atoms with Gasteiger partial charge in [0.05, 0.1) is 5.69 Å². The predicted octanol–water partition coefficient (Wildman–Crippen LogP) is 2.43. The number of rotatable bonds is 7. The van der Waals surface area contributed by atoms with E-state index in [0.717, 1.165) is 25.3 Å². The summed E-state index contributed by atoms with van der Waals surface area (Å²) in [6, 6.07) is 2.10. The molecular formula is C12H23N3. The molecule has 1 atom stereocenters. The molecule has 0 fully saturated rings. The van der Waals surface area contributed by atoms with E-state index < -0.39 is 0 Å². The summed E-state index contributed by atoms with van der Waals surface area (Å²) in [6.07, 6.45) is 4.46. The molecule has 1 heterocycles. The average Bonchev–Trinajstić information content (AvgIpc) is 2.66. The van der Waals surface area contributed by atoms with E-state index in [1.165, 1.54) is 12.8 Å². The molecule has 0 aromatic carbocycles. The summed E-state index contributed by atoms with van der Waals surface area (Å²) < 4.78 is 2.05. The highest BCUT2D eigenvalue weighted by molar-refractivity contribution is 4.98. The topological polar surface area (TPSA) is 29.9 Å². The van der Waals surface area contributed by atoms with Crippen molar-refractivity contribution in [1.29, 1.82) is 0 Å². The van der Waals surface area contributed by atoms with Crippen molar-refractivity contribution in [3.8, 4) is 0 Å². The quantitative estimate of drug-likeness (QED) is 0.699. The molecule has 0 amide bonds. The van der Waals surface area contributed by atoms with Crippen LogP contribution in [0.15, 0.2) is 12.3 Å². The van der Waals surface area contributed by atoms with Crippen molar-refractivity contribution in [2.45, 2.75) is 46.7 Å². The zero-order valence-corrected chi connectivity index (χ0v) is 10.2. The first-order chi connectivity index (χ1) is 7.26. The minimum atomic E-state index is 0.710. The Hall–Kier alpha value is -0.830. The molecule has 1 rings (SSSR count). The fourth-order valence-electron chi connectivity index (χ4n) is 1.44. The number of hydrogen-bond acceptors (Lipinski definition) is 2. The van der Waals surface area contributed by atoms with Gasteiger partial charge in [0, 0.05) is 19.3 Å². The molecule has 0 radical (unpaired) electrons. The van der Waals surface area contributed by atoms with Gasteiger partial charge < -0.3 is 5.32 Å². The average molecular weight is 209 g/mol. The lowest BCUT2D eigenvalue weighted by atomic mass is 10.1. The summed E-state index contributed by atoms with van der Waals surface area (Å²) >= 11 is 0. The molecule has 0 saturated heterocycles. The Bertz CT molecular complexity index is 268. The highest BCUT2D eigenvalue weighted by atomic mass is 15.3. The Balaban J connectivity index is 2.35. The predicted molar refractivity (Wildman–Crippen MR) is 63.7 cm³/mol. The summed E-state index contributed by atoms with van der Waals surface area (Å²) in [5.41, 5.74) is 1.15. The molecule has 3 nitrogen and oxygen atoms in total. The number of hydrogen-bond donors (Lipinski definition) is 1. The largest absolute Gasteiger partial charge is 0.311 e. The maximum Gasteiger partial charge on any atom is 0.0762 e. The second kappa shape index (κ2) is 6.62. The van der Waals surface area contributed by atoms with E-state index in [4.69, 9.17) is 0 Å². The van der Waals surface area contributed by atoms with E-state index >= 15 is 0 Å². The van der Waals surface area contributed by atoms with Crippen molar-refractivity contribution < 1.29 is 0 Å². The van der Waals surface area contributed by atoms with Crippen molar-refractivity contribution in [1.82, 2.24) is 15.1 Å². The molecule has 3 heteroatoms. The van der Waals surface area contributed by atoms with Crippen LogP contribution in [0.4, 0.5) is 0 Å². The Kier molecular flexibility index (Phi) is 5.40. The Labute approximate surface area is 92.9 Å². The maximum atomic E-state index is 4.52. The summed E-state index contributed by atoms with van der Waals surface area (Å²) in [5, 5.41) is 7.88. The molecule has 0 spiro atoms. The smallest absolute Gasteiger partial charge is 0.0762 e. The minimum absolute atomic E-state index is 0.710. The van der Waals surface area contributed by atoms with Crippen LogP contribution in [0.25, 0.3) is 0 Å². The van der Waals surface area contributed by atoms with Gasteiger partial charge in [-0.05, 0) is 24.9 Å². The first-order valence-electron chi connectivity index (χ1n) is 5.99. The third-order valence-electron chi connectivity index (χ3n) is 2.62. The van der Waals surface area contributed by atoms with Gasteiger partial charge in [-0.2, -0.15) is 5.10 Å². The van der Waals surface area contributed by atoms with Crippen LogP contribution >= 0.6 is 0 Å². The van der Waals surface area contributed by atoms with Crippen LogP contribution in [0.5, 0.6) is 0 Å². The van der Waals surface area contributed by atoms with Gasteiger partial charge in [0.25, 0.3) is 0 Å². The number of aromatic nitrogens is 2. The van der Waals surface area contributed by atoms with E-state index in [-0.39, 0.29) is 0 Å². The van der Waals surface area contributed by atoms with Gasteiger partial charge in [0.15, 0.2) is 0 Å². The first kappa shape index (κ1) is 12.2. The molecule has 1 aromatic heterocycles. The first-order valence-corrected chi connectivity index (χ1v) is 5.99. The van der Waals surface area contributed by atoms with Crippen molar-refractivity contribution in [3.63, 3.8) is 0 Å². The van der Waals surface area contributed by atoms with Gasteiger partial charge in [0.2, 0.25) is 0 Å².